The van der Waals surface area contributed by atoms with E-state index in [4.69, 9.17) is 5.11 Å². The molecule has 0 saturated heterocycles. The van der Waals surface area contributed by atoms with E-state index < -0.39 is 12.0 Å². The lowest BCUT2D eigenvalue weighted by Gasteiger charge is -2.17. The molecule has 0 aliphatic carbocycles. The molecular weight excluding hydrogens is 288 g/mol. The molecule has 1 atom stereocenters. The van der Waals surface area contributed by atoms with Gasteiger partial charge in [0, 0.05) is 17.7 Å². The monoisotopic (exact) mass is 302 g/mol. The Morgan fingerprint density at radius 1 is 1.47 bits per heavy atom. The van der Waals surface area contributed by atoms with Crippen molar-refractivity contribution in [3.8, 4) is 0 Å². The van der Waals surface area contributed by atoms with Gasteiger partial charge in [0.25, 0.3) is 5.91 Å². The zero-order chi connectivity index (χ0) is 13.2. The van der Waals surface area contributed by atoms with Gasteiger partial charge < -0.3 is 15.0 Å². The van der Waals surface area contributed by atoms with Crippen LogP contribution >= 0.6 is 15.9 Å². The van der Waals surface area contributed by atoms with Gasteiger partial charge in [-0.3, -0.25) is 4.79 Å². The lowest BCUT2D eigenvalue weighted by atomic mass is 10.0. The average Bonchev–Trinajstić information content (AvgIpc) is 2.53. The van der Waals surface area contributed by atoms with Crippen molar-refractivity contribution in [2.45, 2.75) is 19.9 Å². The van der Waals surface area contributed by atoms with E-state index in [-0.39, 0.29) is 11.8 Å². The molecule has 0 unspecified atom stereocenters. The molecule has 17 heavy (non-hydrogen) atoms. The second-order valence-corrected chi connectivity index (χ2v) is 5.10. The zero-order valence-electron chi connectivity index (χ0n) is 9.90. The number of rotatable bonds is 4. The molecule has 94 valence electrons. The van der Waals surface area contributed by atoms with E-state index >= 15 is 0 Å². The first-order valence-corrected chi connectivity index (χ1v) is 5.97. The maximum Gasteiger partial charge on any atom is 0.326 e. The number of aryl methyl sites for hydroxylation is 1. The van der Waals surface area contributed by atoms with E-state index in [9.17, 15) is 9.59 Å². The zero-order valence-corrected chi connectivity index (χ0v) is 11.5. The SMILES string of the molecule is CC(C)[C@H](NC(=O)c1cc(Br)cn1C)C(=O)O. The number of hydrogen-bond acceptors (Lipinski definition) is 2. The van der Waals surface area contributed by atoms with Gasteiger partial charge in [0.2, 0.25) is 0 Å². The third-order valence-corrected chi connectivity index (χ3v) is 2.86. The normalized spacial score (nSPS) is 12.5. The Balaban J connectivity index is 2.85. The lowest BCUT2D eigenvalue weighted by Crippen LogP contribution is -2.44. The smallest absolute Gasteiger partial charge is 0.326 e. The van der Waals surface area contributed by atoms with Crippen LogP contribution in [0.3, 0.4) is 0 Å². The van der Waals surface area contributed by atoms with Crippen molar-refractivity contribution in [1.82, 2.24) is 9.88 Å². The molecule has 6 heteroatoms. The fourth-order valence-electron chi connectivity index (χ4n) is 1.48. The predicted molar refractivity (Wildman–Crippen MR) is 66.8 cm³/mol. The summed E-state index contributed by atoms with van der Waals surface area (Å²) < 4.78 is 2.42. The number of hydrogen-bond donors (Lipinski definition) is 2. The first kappa shape index (κ1) is 13.8. The minimum Gasteiger partial charge on any atom is -0.480 e. The first-order chi connectivity index (χ1) is 7.82. The van der Waals surface area contributed by atoms with Gasteiger partial charge >= 0.3 is 5.97 Å². The van der Waals surface area contributed by atoms with Gasteiger partial charge in [-0.15, -0.1) is 0 Å². The summed E-state index contributed by atoms with van der Waals surface area (Å²) in [5.41, 5.74) is 0.420. The topological polar surface area (TPSA) is 71.3 Å². The third kappa shape index (κ3) is 3.33. The van der Waals surface area contributed by atoms with Crippen LogP contribution in [0.25, 0.3) is 0 Å². The van der Waals surface area contributed by atoms with E-state index in [1.54, 1.807) is 37.7 Å². The molecule has 0 aliphatic heterocycles. The average molecular weight is 303 g/mol. The number of carbonyl (C=O) groups is 2. The summed E-state index contributed by atoms with van der Waals surface area (Å²) in [6, 6.07) is 0.769. The molecule has 0 aromatic carbocycles. The maximum absolute atomic E-state index is 11.9. The third-order valence-electron chi connectivity index (χ3n) is 2.42. The van der Waals surface area contributed by atoms with Crippen molar-refractivity contribution < 1.29 is 14.7 Å². The minimum atomic E-state index is -1.03. The molecule has 1 aromatic heterocycles. The molecule has 1 heterocycles. The Labute approximate surface area is 108 Å². The fourth-order valence-corrected chi connectivity index (χ4v) is 2.00. The van der Waals surface area contributed by atoms with Crippen LogP contribution in [0.2, 0.25) is 0 Å². The summed E-state index contributed by atoms with van der Waals surface area (Å²) in [7, 11) is 1.73. The molecule has 0 radical (unpaired) electrons. The van der Waals surface area contributed by atoms with Crippen molar-refractivity contribution in [1.29, 1.82) is 0 Å². The minimum absolute atomic E-state index is 0.167. The number of halogens is 1. The lowest BCUT2D eigenvalue weighted by molar-refractivity contribution is -0.140. The Morgan fingerprint density at radius 3 is 2.41 bits per heavy atom. The number of carboxylic acids is 1. The number of nitrogens with one attached hydrogen (secondary N) is 1. The van der Waals surface area contributed by atoms with Crippen LogP contribution in [0.1, 0.15) is 24.3 Å². The second-order valence-electron chi connectivity index (χ2n) is 4.19. The maximum atomic E-state index is 11.9. The van der Waals surface area contributed by atoms with Gasteiger partial charge in [0.1, 0.15) is 11.7 Å². The van der Waals surface area contributed by atoms with Crippen molar-refractivity contribution in [2.75, 3.05) is 0 Å². The highest BCUT2D eigenvalue weighted by Crippen LogP contribution is 2.14. The molecule has 0 saturated carbocycles. The Kier molecular flexibility index (Phi) is 4.34. The Hall–Kier alpha value is -1.30. The van der Waals surface area contributed by atoms with Crippen molar-refractivity contribution in [3.63, 3.8) is 0 Å². The van der Waals surface area contributed by atoms with Gasteiger partial charge in [-0.05, 0) is 27.9 Å². The molecule has 2 N–H and O–H groups in total. The Morgan fingerprint density at radius 2 is 2.06 bits per heavy atom. The standard InChI is InChI=1S/C11H15BrN2O3/c1-6(2)9(11(16)17)13-10(15)8-4-7(12)5-14(8)3/h4-6,9H,1-3H3,(H,13,15)(H,16,17)/t9-/m0/s1. The summed E-state index contributed by atoms with van der Waals surface area (Å²) in [4.78, 5) is 22.8. The number of amides is 1. The highest BCUT2D eigenvalue weighted by atomic mass is 79.9. The van der Waals surface area contributed by atoms with Gasteiger partial charge in [-0.1, -0.05) is 13.8 Å². The molecule has 1 aromatic rings. The predicted octanol–water partition coefficient (Wildman–Crippen LogP) is 1.63. The molecular formula is C11H15BrN2O3. The van der Waals surface area contributed by atoms with E-state index in [1.165, 1.54) is 0 Å². The van der Waals surface area contributed by atoms with Crippen LogP contribution in [-0.2, 0) is 11.8 Å². The molecule has 5 nitrogen and oxygen atoms in total. The molecule has 0 aliphatic rings. The number of aromatic nitrogens is 1. The molecule has 1 amide bonds. The van der Waals surface area contributed by atoms with Crippen LogP contribution in [0.15, 0.2) is 16.7 Å². The van der Waals surface area contributed by atoms with Gasteiger partial charge in [0.05, 0.1) is 0 Å². The van der Waals surface area contributed by atoms with Crippen molar-refractivity contribution in [3.05, 3.63) is 22.4 Å². The number of carbonyl (C=O) groups excluding carboxylic acids is 1. The van der Waals surface area contributed by atoms with Crippen LogP contribution in [0.4, 0.5) is 0 Å². The summed E-state index contributed by atoms with van der Waals surface area (Å²) >= 11 is 3.26. The van der Waals surface area contributed by atoms with E-state index in [0.717, 1.165) is 4.47 Å². The second kappa shape index (κ2) is 5.35. The van der Waals surface area contributed by atoms with Gasteiger partial charge in [0.15, 0.2) is 0 Å². The van der Waals surface area contributed by atoms with Gasteiger partial charge in [-0.25, -0.2) is 4.79 Å². The van der Waals surface area contributed by atoms with Crippen LogP contribution in [-0.4, -0.2) is 27.6 Å². The highest BCUT2D eigenvalue weighted by molar-refractivity contribution is 9.10. The van der Waals surface area contributed by atoms with Crippen LogP contribution in [0.5, 0.6) is 0 Å². The molecule has 1 rings (SSSR count). The van der Waals surface area contributed by atoms with Crippen LogP contribution in [0, 0.1) is 5.92 Å². The number of carboxylic acid groups (broad SMARTS) is 1. The molecule has 0 bridgehead atoms. The summed E-state index contributed by atoms with van der Waals surface area (Å²) in [5.74, 6) is -1.58. The van der Waals surface area contributed by atoms with Crippen molar-refractivity contribution in [2.24, 2.45) is 13.0 Å². The van der Waals surface area contributed by atoms with E-state index in [0.29, 0.717) is 5.69 Å². The van der Waals surface area contributed by atoms with Crippen LogP contribution < -0.4 is 5.32 Å². The Bertz CT molecular complexity index is 440. The summed E-state index contributed by atoms with van der Waals surface area (Å²) in [6.07, 6.45) is 1.74. The van der Waals surface area contributed by atoms with Gasteiger partial charge in [-0.2, -0.15) is 0 Å². The van der Waals surface area contributed by atoms with E-state index in [2.05, 4.69) is 21.2 Å². The summed E-state index contributed by atoms with van der Waals surface area (Å²) in [5, 5.41) is 11.5. The first-order valence-electron chi connectivity index (χ1n) is 5.18. The molecule has 0 fully saturated rings. The number of nitrogens with zero attached hydrogens (tertiary/aromatic N) is 1. The van der Waals surface area contributed by atoms with Crippen molar-refractivity contribution >= 4 is 27.8 Å². The van der Waals surface area contributed by atoms with E-state index in [1.807, 2.05) is 0 Å². The summed E-state index contributed by atoms with van der Waals surface area (Å²) in [6.45, 7) is 3.50. The number of aliphatic carboxylic acids is 1. The highest BCUT2D eigenvalue weighted by Gasteiger charge is 2.24. The molecule has 0 spiro atoms. The fraction of sp³-hybridized carbons (Fsp3) is 0.455. The quantitative estimate of drug-likeness (QED) is 0.888. The largest absolute Gasteiger partial charge is 0.480 e.